The first-order valence-electron chi connectivity index (χ1n) is 6.80. The molecule has 0 aliphatic carbocycles. The van der Waals surface area contributed by atoms with Gasteiger partial charge in [0.25, 0.3) is 0 Å². The first kappa shape index (κ1) is 14.5. The van der Waals surface area contributed by atoms with Crippen molar-refractivity contribution in [1.29, 1.82) is 0 Å². The molecule has 1 aromatic carbocycles. The van der Waals surface area contributed by atoms with Crippen LogP contribution in [0.2, 0.25) is 0 Å². The number of hydrogen-bond donors (Lipinski definition) is 1. The summed E-state index contributed by atoms with van der Waals surface area (Å²) in [4.78, 5) is 16.3. The fraction of sp³-hybridized carbons (Fsp3) is 0.333. The van der Waals surface area contributed by atoms with Gasteiger partial charge in [-0.1, -0.05) is 41.7 Å². The number of thioether (sulfide) groups is 2. The first-order valence-corrected chi connectivity index (χ1v) is 8.77. The number of hydrogen-bond acceptors (Lipinski definition) is 5. The Labute approximate surface area is 131 Å². The highest BCUT2D eigenvalue weighted by atomic mass is 32.2. The van der Waals surface area contributed by atoms with E-state index in [1.54, 1.807) is 11.8 Å². The number of fused-ring (bicyclic) bond motifs is 1. The number of benzene rings is 1. The van der Waals surface area contributed by atoms with Crippen molar-refractivity contribution < 1.29 is 9.21 Å². The summed E-state index contributed by atoms with van der Waals surface area (Å²) in [6.07, 6.45) is 0. The van der Waals surface area contributed by atoms with Gasteiger partial charge < -0.3 is 9.73 Å². The van der Waals surface area contributed by atoms with E-state index in [-0.39, 0.29) is 11.9 Å². The summed E-state index contributed by atoms with van der Waals surface area (Å²) in [6, 6.07) is 9.69. The highest BCUT2D eigenvalue weighted by molar-refractivity contribution is 8.39. The molecule has 110 valence electrons. The lowest BCUT2D eigenvalue weighted by Crippen LogP contribution is -2.28. The van der Waals surface area contributed by atoms with Crippen molar-refractivity contribution in [3.05, 3.63) is 36.1 Å². The third kappa shape index (κ3) is 3.63. The van der Waals surface area contributed by atoms with Gasteiger partial charge in [-0.25, -0.2) is 0 Å². The number of amides is 1. The molecule has 0 spiro atoms. The van der Waals surface area contributed by atoms with Gasteiger partial charge in [0.1, 0.15) is 15.7 Å². The van der Waals surface area contributed by atoms with Gasteiger partial charge in [0.15, 0.2) is 0 Å². The number of carbonyl (C=O) groups excluding carboxylic acids is 1. The van der Waals surface area contributed by atoms with Crippen LogP contribution >= 0.6 is 23.5 Å². The minimum Gasteiger partial charge on any atom is -0.459 e. The van der Waals surface area contributed by atoms with Crippen molar-refractivity contribution in [1.82, 2.24) is 5.32 Å². The van der Waals surface area contributed by atoms with Crippen LogP contribution in [0.1, 0.15) is 18.7 Å². The molecule has 1 N–H and O–H groups in total. The number of para-hydroxylation sites is 1. The van der Waals surface area contributed by atoms with Gasteiger partial charge in [-0.3, -0.25) is 9.79 Å². The van der Waals surface area contributed by atoms with Crippen LogP contribution in [0.3, 0.4) is 0 Å². The van der Waals surface area contributed by atoms with Gasteiger partial charge in [-0.15, -0.1) is 0 Å². The van der Waals surface area contributed by atoms with Gasteiger partial charge in [-0.2, -0.15) is 0 Å². The Bertz CT molecular complexity index is 648. The standard InChI is InChI=1S/C15H16N2O2S2/c1-10(13-8-11-4-2-3-5-12(11)19-13)17-14(18)9-21-15-16-6-7-20-15/h2-5,8,10H,6-7,9H2,1H3,(H,17,18)/t10-/m1/s1. The van der Waals surface area contributed by atoms with Gasteiger partial charge in [0.05, 0.1) is 18.3 Å². The molecule has 21 heavy (non-hydrogen) atoms. The number of furan rings is 1. The molecule has 1 aliphatic rings. The molecule has 0 unspecified atom stereocenters. The Kier molecular flexibility index (Phi) is 4.55. The summed E-state index contributed by atoms with van der Waals surface area (Å²) in [6.45, 7) is 2.80. The van der Waals surface area contributed by atoms with Gasteiger partial charge in [-0.05, 0) is 19.1 Å². The lowest BCUT2D eigenvalue weighted by Gasteiger charge is -2.10. The van der Waals surface area contributed by atoms with Crippen LogP contribution < -0.4 is 5.32 Å². The van der Waals surface area contributed by atoms with E-state index in [1.165, 1.54) is 11.8 Å². The van der Waals surface area contributed by atoms with Crippen LogP contribution in [0.4, 0.5) is 0 Å². The minimum atomic E-state index is -0.135. The molecule has 0 fully saturated rings. The minimum absolute atomic E-state index is 0.00292. The Morgan fingerprint density at radius 1 is 1.52 bits per heavy atom. The Morgan fingerprint density at radius 3 is 3.14 bits per heavy atom. The highest BCUT2D eigenvalue weighted by Gasteiger charge is 2.15. The van der Waals surface area contributed by atoms with Crippen LogP contribution in [-0.2, 0) is 4.79 Å². The molecule has 0 saturated carbocycles. The summed E-state index contributed by atoms with van der Waals surface area (Å²) in [5.74, 6) is 2.21. The van der Waals surface area contributed by atoms with Crippen molar-refractivity contribution in [2.75, 3.05) is 18.1 Å². The van der Waals surface area contributed by atoms with Crippen molar-refractivity contribution in [2.45, 2.75) is 13.0 Å². The van der Waals surface area contributed by atoms with E-state index in [0.29, 0.717) is 5.75 Å². The van der Waals surface area contributed by atoms with E-state index < -0.39 is 0 Å². The van der Waals surface area contributed by atoms with E-state index in [2.05, 4.69) is 10.3 Å². The number of rotatable bonds is 4. The predicted molar refractivity (Wildman–Crippen MR) is 90.0 cm³/mol. The molecule has 4 nitrogen and oxygen atoms in total. The van der Waals surface area contributed by atoms with Crippen LogP contribution in [0.25, 0.3) is 11.0 Å². The third-order valence-corrected chi connectivity index (χ3v) is 5.39. The summed E-state index contributed by atoms with van der Waals surface area (Å²) < 4.78 is 6.77. The first-order chi connectivity index (χ1) is 10.2. The van der Waals surface area contributed by atoms with Gasteiger partial charge in [0.2, 0.25) is 5.91 Å². The largest absolute Gasteiger partial charge is 0.459 e. The fourth-order valence-electron chi connectivity index (χ4n) is 2.10. The molecule has 2 aromatic rings. The maximum atomic E-state index is 12.0. The molecule has 0 radical (unpaired) electrons. The molecule has 0 bridgehead atoms. The van der Waals surface area contributed by atoms with Gasteiger partial charge >= 0.3 is 0 Å². The number of carbonyl (C=O) groups is 1. The van der Waals surface area contributed by atoms with E-state index in [9.17, 15) is 4.79 Å². The third-order valence-electron chi connectivity index (χ3n) is 3.13. The monoisotopic (exact) mass is 320 g/mol. The Morgan fingerprint density at radius 2 is 2.38 bits per heavy atom. The second-order valence-electron chi connectivity index (χ2n) is 4.76. The molecule has 1 atom stereocenters. The molecule has 2 heterocycles. The van der Waals surface area contributed by atoms with Crippen LogP contribution in [0, 0.1) is 0 Å². The molecule has 1 aromatic heterocycles. The van der Waals surface area contributed by atoms with E-state index in [0.717, 1.165) is 33.4 Å². The normalized spacial score (nSPS) is 16.0. The molecule has 1 aliphatic heterocycles. The zero-order valence-corrected chi connectivity index (χ0v) is 13.3. The maximum Gasteiger partial charge on any atom is 0.231 e. The average molecular weight is 320 g/mol. The molecule has 0 saturated heterocycles. The molecule has 6 heteroatoms. The zero-order valence-electron chi connectivity index (χ0n) is 11.7. The molecule has 3 rings (SSSR count). The second kappa shape index (κ2) is 6.58. The lowest BCUT2D eigenvalue weighted by molar-refractivity contribution is -0.119. The van der Waals surface area contributed by atoms with Crippen molar-refractivity contribution in [3.63, 3.8) is 0 Å². The van der Waals surface area contributed by atoms with Crippen LogP contribution in [-0.4, -0.2) is 28.3 Å². The Balaban J connectivity index is 1.57. The molecule has 1 amide bonds. The SMILES string of the molecule is C[C@@H](NC(=O)CSC1=NCCS1)c1cc2ccccc2o1. The number of aliphatic imine (C=N–C) groups is 1. The second-order valence-corrected chi connectivity index (χ2v) is 7.07. The van der Waals surface area contributed by atoms with Crippen molar-refractivity contribution in [3.8, 4) is 0 Å². The summed E-state index contributed by atoms with van der Waals surface area (Å²) in [7, 11) is 0. The van der Waals surface area contributed by atoms with E-state index in [1.807, 2.05) is 37.3 Å². The molecular weight excluding hydrogens is 304 g/mol. The molecular formula is C15H16N2O2S2. The summed E-state index contributed by atoms with van der Waals surface area (Å²) in [5.41, 5.74) is 0.847. The predicted octanol–water partition coefficient (Wildman–Crippen LogP) is 3.45. The van der Waals surface area contributed by atoms with Crippen molar-refractivity contribution >= 4 is 44.8 Å². The smallest absolute Gasteiger partial charge is 0.231 e. The van der Waals surface area contributed by atoms with E-state index >= 15 is 0 Å². The van der Waals surface area contributed by atoms with Crippen LogP contribution in [0.5, 0.6) is 0 Å². The number of nitrogens with one attached hydrogen (secondary N) is 1. The fourth-order valence-corrected chi connectivity index (χ4v) is 3.92. The topological polar surface area (TPSA) is 54.6 Å². The lowest BCUT2D eigenvalue weighted by atomic mass is 10.2. The number of nitrogens with zero attached hydrogens (tertiary/aromatic N) is 1. The van der Waals surface area contributed by atoms with Crippen LogP contribution in [0.15, 0.2) is 39.7 Å². The summed E-state index contributed by atoms with van der Waals surface area (Å²) in [5, 5.41) is 4.02. The van der Waals surface area contributed by atoms with E-state index in [4.69, 9.17) is 4.42 Å². The Hall–Kier alpha value is -1.40. The summed E-state index contributed by atoms with van der Waals surface area (Å²) >= 11 is 3.22. The zero-order chi connectivity index (χ0) is 14.7. The van der Waals surface area contributed by atoms with Gasteiger partial charge in [0, 0.05) is 11.1 Å². The average Bonchev–Trinajstić information content (AvgIpc) is 3.14. The van der Waals surface area contributed by atoms with Crippen molar-refractivity contribution in [2.24, 2.45) is 4.99 Å². The highest BCUT2D eigenvalue weighted by Crippen LogP contribution is 2.24. The quantitative estimate of drug-likeness (QED) is 0.937. The maximum absolute atomic E-state index is 12.0.